The summed E-state index contributed by atoms with van der Waals surface area (Å²) in [5.74, 6) is 1.10. The maximum Gasteiger partial charge on any atom is 0.268 e. The number of rotatable bonds is 3. The van der Waals surface area contributed by atoms with E-state index in [9.17, 15) is 9.59 Å². The van der Waals surface area contributed by atoms with Gasteiger partial charge in [0.1, 0.15) is 5.75 Å². The summed E-state index contributed by atoms with van der Waals surface area (Å²) in [4.78, 5) is 31.3. The van der Waals surface area contributed by atoms with Gasteiger partial charge in [-0.1, -0.05) is 0 Å². The van der Waals surface area contributed by atoms with Crippen LogP contribution in [0.3, 0.4) is 0 Å². The quantitative estimate of drug-likeness (QED) is 0.675. The summed E-state index contributed by atoms with van der Waals surface area (Å²) in [6.45, 7) is 6.39. The molecule has 0 saturated carbocycles. The van der Waals surface area contributed by atoms with E-state index in [0.29, 0.717) is 41.9 Å². The van der Waals surface area contributed by atoms with Gasteiger partial charge in [-0.3, -0.25) is 14.6 Å². The lowest BCUT2D eigenvalue weighted by atomic mass is 10.0. The molecule has 1 atom stereocenters. The van der Waals surface area contributed by atoms with E-state index < -0.39 is 5.60 Å². The number of hydrogen-bond donors (Lipinski definition) is 1. The fourth-order valence-corrected chi connectivity index (χ4v) is 3.88. The molecule has 164 valence electrons. The summed E-state index contributed by atoms with van der Waals surface area (Å²) in [7, 11) is 0. The number of likely N-dealkylation sites (tertiary alicyclic amines) is 1. The van der Waals surface area contributed by atoms with Crippen LogP contribution in [0.4, 0.5) is 5.69 Å². The molecule has 2 amide bonds. The molecule has 0 aliphatic carbocycles. The first-order valence-corrected chi connectivity index (χ1v) is 10.5. The minimum absolute atomic E-state index is 0.0277. The van der Waals surface area contributed by atoms with Crippen LogP contribution in [0.2, 0.25) is 0 Å². The maximum atomic E-state index is 13.1. The van der Waals surface area contributed by atoms with Crippen molar-refractivity contribution in [2.75, 3.05) is 18.4 Å². The maximum absolute atomic E-state index is 13.1. The number of fused-ring (bicyclic) bond motifs is 1. The van der Waals surface area contributed by atoms with Gasteiger partial charge in [0.2, 0.25) is 11.8 Å². The van der Waals surface area contributed by atoms with Crippen molar-refractivity contribution < 1.29 is 18.7 Å². The highest BCUT2D eigenvalue weighted by atomic mass is 16.5. The monoisotopic (exact) mass is 433 g/mol. The first kappa shape index (κ1) is 20.2. The Balaban J connectivity index is 1.29. The van der Waals surface area contributed by atoms with E-state index in [2.05, 4.69) is 20.5 Å². The molecule has 4 heterocycles. The number of carbonyl (C=O) groups excluding carboxylic acids is 2. The van der Waals surface area contributed by atoms with Crippen LogP contribution in [0.5, 0.6) is 5.75 Å². The highest BCUT2D eigenvalue weighted by Gasteiger charge is 2.36. The number of aromatic nitrogens is 3. The average Bonchev–Trinajstić information content (AvgIpc) is 3.44. The number of benzene rings is 1. The zero-order valence-electron chi connectivity index (χ0n) is 18.1. The van der Waals surface area contributed by atoms with Crippen molar-refractivity contribution in [3.8, 4) is 17.2 Å². The van der Waals surface area contributed by atoms with E-state index in [1.165, 1.54) is 0 Å². The van der Waals surface area contributed by atoms with Crippen molar-refractivity contribution >= 4 is 17.5 Å². The number of nitrogens with zero attached hydrogens (tertiary/aromatic N) is 4. The van der Waals surface area contributed by atoms with Crippen molar-refractivity contribution in [3.05, 3.63) is 53.7 Å². The van der Waals surface area contributed by atoms with Crippen molar-refractivity contribution in [2.24, 2.45) is 0 Å². The molecule has 2 aliphatic heterocycles. The second-order valence-corrected chi connectivity index (χ2v) is 8.65. The second kappa shape index (κ2) is 7.44. The fourth-order valence-electron chi connectivity index (χ4n) is 3.88. The molecule has 2 aromatic heterocycles. The number of nitrogens with one attached hydrogen (secondary N) is 1. The molecular weight excluding hydrogens is 410 g/mol. The van der Waals surface area contributed by atoms with Crippen LogP contribution in [0.25, 0.3) is 11.5 Å². The van der Waals surface area contributed by atoms with Gasteiger partial charge in [-0.2, -0.15) is 0 Å². The van der Waals surface area contributed by atoms with E-state index in [0.717, 1.165) is 17.7 Å². The smallest absolute Gasteiger partial charge is 0.268 e. The number of amides is 2. The van der Waals surface area contributed by atoms with Crippen molar-refractivity contribution in [1.82, 2.24) is 20.1 Å². The Morgan fingerprint density at radius 3 is 2.84 bits per heavy atom. The Kier molecular flexibility index (Phi) is 4.69. The lowest BCUT2D eigenvalue weighted by Gasteiger charge is -2.31. The Morgan fingerprint density at radius 1 is 1.22 bits per heavy atom. The Labute approximate surface area is 184 Å². The third-order valence-electron chi connectivity index (χ3n) is 5.81. The van der Waals surface area contributed by atoms with Gasteiger partial charge in [0.05, 0.1) is 17.2 Å². The third-order valence-corrected chi connectivity index (χ3v) is 5.81. The third kappa shape index (κ3) is 3.59. The summed E-state index contributed by atoms with van der Waals surface area (Å²) in [5, 5.41) is 11.2. The molecule has 1 unspecified atom stereocenters. The number of hydrogen-bond acceptors (Lipinski definition) is 7. The van der Waals surface area contributed by atoms with Crippen LogP contribution in [0.15, 0.2) is 40.9 Å². The standard InChI is InChI=1S/C23H23N5O4/c1-13-4-5-15(11-24-13)19-26-27-20(31-19)16-8-9-28(12-16)21(29)14-6-7-18-17(10-14)25-22(30)23(2,3)32-18/h4-7,10-11,16H,8-9,12H2,1-3H3,(H,25,30). The summed E-state index contributed by atoms with van der Waals surface area (Å²) in [6.07, 6.45) is 2.44. The van der Waals surface area contributed by atoms with Crippen LogP contribution in [0.1, 0.15) is 48.1 Å². The molecule has 1 fully saturated rings. The van der Waals surface area contributed by atoms with Gasteiger partial charge in [0.15, 0.2) is 5.60 Å². The van der Waals surface area contributed by atoms with Gasteiger partial charge in [-0.25, -0.2) is 0 Å². The lowest BCUT2D eigenvalue weighted by molar-refractivity contribution is -0.129. The van der Waals surface area contributed by atoms with Crippen LogP contribution in [-0.4, -0.2) is 50.6 Å². The molecule has 0 bridgehead atoms. The highest BCUT2D eigenvalue weighted by Crippen LogP contribution is 2.35. The van der Waals surface area contributed by atoms with Crippen LogP contribution in [0, 0.1) is 6.92 Å². The number of pyridine rings is 1. The number of anilines is 1. The molecule has 1 N–H and O–H groups in total. The average molecular weight is 433 g/mol. The molecule has 32 heavy (non-hydrogen) atoms. The van der Waals surface area contributed by atoms with Gasteiger partial charge >= 0.3 is 0 Å². The molecule has 2 aliphatic rings. The summed E-state index contributed by atoms with van der Waals surface area (Å²) < 4.78 is 11.6. The van der Waals surface area contributed by atoms with Crippen molar-refractivity contribution in [2.45, 2.75) is 38.7 Å². The van der Waals surface area contributed by atoms with Gasteiger partial charge in [-0.05, 0) is 57.5 Å². The molecule has 0 radical (unpaired) electrons. The molecule has 0 spiro atoms. The van der Waals surface area contributed by atoms with Gasteiger partial charge in [0, 0.05) is 30.5 Å². The highest BCUT2D eigenvalue weighted by molar-refractivity contribution is 6.02. The second-order valence-electron chi connectivity index (χ2n) is 8.65. The molecule has 9 heteroatoms. The van der Waals surface area contributed by atoms with Crippen LogP contribution >= 0.6 is 0 Å². The topological polar surface area (TPSA) is 110 Å². The summed E-state index contributed by atoms with van der Waals surface area (Å²) in [5.41, 5.74) is 1.73. The lowest BCUT2D eigenvalue weighted by Crippen LogP contribution is -2.45. The predicted octanol–water partition coefficient (Wildman–Crippen LogP) is 3.18. The number of aryl methyl sites for hydroxylation is 1. The minimum atomic E-state index is -0.946. The summed E-state index contributed by atoms with van der Waals surface area (Å²) in [6, 6.07) is 8.88. The van der Waals surface area contributed by atoms with Crippen LogP contribution in [-0.2, 0) is 4.79 Å². The molecule has 1 aromatic carbocycles. The molecule has 1 saturated heterocycles. The van der Waals surface area contributed by atoms with Gasteiger partial charge in [-0.15, -0.1) is 10.2 Å². The van der Waals surface area contributed by atoms with Gasteiger partial charge in [0.25, 0.3) is 11.8 Å². The SMILES string of the molecule is Cc1ccc(-c2nnc(C3CCN(C(=O)c4ccc5c(c4)NC(=O)C(C)(C)O5)C3)o2)cn1. The molecule has 3 aromatic rings. The summed E-state index contributed by atoms with van der Waals surface area (Å²) >= 11 is 0. The molecule has 5 rings (SSSR count). The van der Waals surface area contributed by atoms with E-state index >= 15 is 0 Å². The minimum Gasteiger partial charge on any atom is -0.476 e. The van der Waals surface area contributed by atoms with E-state index in [1.54, 1.807) is 43.1 Å². The molecular formula is C23H23N5O4. The van der Waals surface area contributed by atoms with Gasteiger partial charge < -0.3 is 19.4 Å². The molecule has 9 nitrogen and oxygen atoms in total. The van der Waals surface area contributed by atoms with E-state index in [1.807, 2.05) is 19.1 Å². The Morgan fingerprint density at radius 2 is 2.06 bits per heavy atom. The largest absolute Gasteiger partial charge is 0.476 e. The zero-order chi connectivity index (χ0) is 22.5. The predicted molar refractivity (Wildman–Crippen MR) is 115 cm³/mol. The number of ether oxygens (including phenoxy) is 1. The Bertz CT molecular complexity index is 1200. The van der Waals surface area contributed by atoms with E-state index in [-0.39, 0.29) is 17.7 Å². The first-order valence-electron chi connectivity index (χ1n) is 10.5. The van der Waals surface area contributed by atoms with Crippen molar-refractivity contribution in [1.29, 1.82) is 0 Å². The van der Waals surface area contributed by atoms with E-state index in [4.69, 9.17) is 9.15 Å². The first-order chi connectivity index (χ1) is 15.3. The normalized spacial score (nSPS) is 19.3. The van der Waals surface area contributed by atoms with Crippen molar-refractivity contribution in [3.63, 3.8) is 0 Å². The fraction of sp³-hybridized carbons (Fsp3) is 0.348. The number of carbonyl (C=O) groups is 2. The van der Waals surface area contributed by atoms with Crippen LogP contribution < -0.4 is 10.1 Å². The Hall–Kier alpha value is -3.75. The zero-order valence-corrected chi connectivity index (χ0v) is 18.1.